The third-order valence-corrected chi connectivity index (χ3v) is 5.72. The Morgan fingerprint density at radius 1 is 1.07 bits per heavy atom. The number of benzene rings is 3. The number of ether oxygens (including phenoxy) is 2. The normalized spacial score (nSPS) is 11.0. The third kappa shape index (κ3) is 2.90. The van der Waals surface area contributed by atoms with E-state index in [9.17, 15) is 9.90 Å². The number of fused-ring (bicyclic) bond motifs is 3. The van der Waals surface area contributed by atoms with Gasteiger partial charge in [0.2, 0.25) is 0 Å². The molecule has 0 aliphatic rings. The minimum absolute atomic E-state index is 0.0297. The van der Waals surface area contributed by atoms with Gasteiger partial charge in [-0.05, 0) is 36.8 Å². The first kappa shape index (κ1) is 17.4. The van der Waals surface area contributed by atoms with Crippen LogP contribution in [-0.2, 0) is 4.74 Å². The van der Waals surface area contributed by atoms with Gasteiger partial charge < -0.3 is 14.6 Å². The highest BCUT2D eigenvalue weighted by atomic mass is 32.1. The van der Waals surface area contributed by atoms with Crippen molar-refractivity contribution >= 4 is 37.5 Å². The molecule has 136 valence electrons. The average molecular weight is 378 g/mol. The second-order valence-electron chi connectivity index (χ2n) is 6.07. The molecule has 3 aromatic carbocycles. The fourth-order valence-electron chi connectivity index (χ4n) is 3.25. The molecule has 0 saturated carbocycles. The van der Waals surface area contributed by atoms with E-state index in [2.05, 4.69) is 0 Å². The lowest BCUT2D eigenvalue weighted by molar-refractivity contribution is 0.0524. The van der Waals surface area contributed by atoms with Gasteiger partial charge in [-0.3, -0.25) is 0 Å². The molecule has 0 aliphatic carbocycles. The summed E-state index contributed by atoms with van der Waals surface area (Å²) >= 11 is 1.47. The van der Waals surface area contributed by atoms with E-state index in [-0.39, 0.29) is 17.9 Å². The van der Waals surface area contributed by atoms with Crippen molar-refractivity contribution in [3.63, 3.8) is 0 Å². The number of aromatic hydroxyl groups is 1. The molecule has 4 nitrogen and oxygen atoms in total. The van der Waals surface area contributed by atoms with Crippen LogP contribution in [0.3, 0.4) is 0 Å². The molecule has 4 rings (SSSR count). The second-order valence-corrected chi connectivity index (χ2v) is 7.12. The van der Waals surface area contributed by atoms with Crippen LogP contribution in [0.25, 0.3) is 31.3 Å². The summed E-state index contributed by atoms with van der Waals surface area (Å²) in [5, 5.41) is 13.0. The molecule has 5 heteroatoms. The SMILES string of the molecule is CCOC(=O)c1c(-c2ccc(OC)cc2)cc2c(sc3ccccc32)c1O. The maximum atomic E-state index is 12.6. The first-order chi connectivity index (χ1) is 13.1. The predicted octanol–water partition coefficient (Wildman–Crippen LogP) is 5.61. The zero-order chi connectivity index (χ0) is 19.0. The molecule has 0 amide bonds. The van der Waals surface area contributed by atoms with Gasteiger partial charge in [0.25, 0.3) is 0 Å². The van der Waals surface area contributed by atoms with Crippen molar-refractivity contribution in [3.05, 3.63) is 60.2 Å². The minimum Gasteiger partial charge on any atom is -0.506 e. The minimum atomic E-state index is -0.528. The number of esters is 1. The highest BCUT2D eigenvalue weighted by Gasteiger charge is 2.23. The van der Waals surface area contributed by atoms with E-state index in [0.717, 1.165) is 26.8 Å². The van der Waals surface area contributed by atoms with Crippen LogP contribution in [0.4, 0.5) is 0 Å². The second kappa shape index (κ2) is 6.93. The summed E-state index contributed by atoms with van der Waals surface area (Å²) in [5.41, 5.74) is 1.65. The molecule has 1 aromatic heterocycles. The van der Waals surface area contributed by atoms with Gasteiger partial charge in [0.1, 0.15) is 17.1 Å². The molecular weight excluding hydrogens is 360 g/mol. The van der Waals surface area contributed by atoms with Crippen molar-refractivity contribution in [2.24, 2.45) is 0 Å². The van der Waals surface area contributed by atoms with Crippen LogP contribution in [0, 0.1) is 0 Å². The number of hydrogen-bond acceptors (Lipinski definition) is 5. The van der Waals surface area contributed by atoms with Gasteiger partial charge in [-0.1, -0.05) is 30.3 Å². The van der Waals surface area contributed by atoms with E-state index in [0.29, 0.717) is 10.3 Å². The lowest BCUT2D eigenvalue weighted by Gasteiger charge is -2.13. The van der Waals surface area contributed by atoms with Crippen LogP contribution >= 0.6 is 11.3 Å². The van der Waals surface area contributed by atoms with Gasteiger partial charge >= 0.3 is 5.97 Å². The van der Waals surface area contributed by atoms with Gasteiger partial charge in [0.05, 0.1) is 18.4 Å². The summed E-state index contributed by atoms with van der Waals surface area (Å²) in [7, 11) is 1.61. The van der Waals surface area contributed by atoms with Crippen molar-refractivity contribution in [1.29, 1.82) is 0 Å². The Labute approximate surface area is 160 Å². The Bertz CT molecular complexity index is 1140. The lowest BCUT2D eigenvalue weighted by Crippen LogP contribution is -2.07. The van der Waals surface area contributed by atoms with Gasteiger partial charge in [-0.2, -0.15) is 0 Å². The van der Waals surface area contributed by atoms with Gasteiger partial charge in [0, 0.05) is 21.0 Å². The summed E-state index contributed by atoms with van der Waals surface area (Å²) in [6, 6.07) is 17.3. The quantitative estimate of drug-likeness (QED) is 0.469. The molecule has 0 fully saturated rings. The van der Waals surface area contributed by atoms with Crippen LogP contribution < -0.4 is 4.74 Å². The zero-order valence-corrected chi connectivity index (χ0v) is 15.8. The number of thiophene rings is 1. The van der Waals surface area contributed by atoms with E-state index < -0.39 is 5.97 Å². The Kier molecular flexibility index (Phi) is 4.46. The van der Waals surface area contributed by atoms with E-state index >= 15 is 0 Å². The highest BCUT2D eigenvalue weighted by Crippen LogP contribution is 2.45. The molecule has 27 heavy (non-hydrogen) atoms. The molecule has 0 bridgehead atoms. The third-order valence-electron chi connectivity index (χ3n) is 4.52. The smallest absolute Gasteiger partial charge is 0.342 e. The summed E-state index contributed by atoms with van der Waals surface area (Å²) in [4.78, 5) is 12.6. The van der Waals surface area contributed by atoms with Crippen molar-refractivity contribution in [2.75, 3.05) is 13.7 Å². The molecule has 0 saturated heterocycles. The predicted molar refractivity (Wildman–Crippen MR) is 109 cm³/mol. The topological polar surface area (TPSA) is 55.8 Å². The molecule has 0 aliphatic heterocycles. The fraction of sp³-hybridized carbons (Fsp3) is 0.136. The fourth-order valence-corrected chi connectivity index (χ4v) is 4.38. The number of hydrogen-bond donors (Lipinski definition) is 1. The molecule has 0 atom stereocenters. The van der Waals surface area contributed by atoms with Crippen molar-refractivity contribution in [1.82, 2.24) is 0 Å². The maximum Gasteiger partial charge on any atom is 0.342 e. The average Bonchev–Trinajstić information content (AvgIpc) is 3.07. The highest BCUT2D eigenvalue weighted by molar-refractivity contribution is 7.26. The molecule has 0 spiro atoms. The first-order valence-electron chi connectivity index (χ1n) is 8.62. The summed E-state index contributed by atoms with van der Waals surface area (Å²) in [6.07, 6.45) is 0. The van der Waals surface area contributed by atoms with Crippen LogP contribution in [0.15, 0.2) is 54.6 Å². The van der Waals surface area contributed by atoms with Crippen LogP contribution in [0.1, 0.15) is 17.3 Å². The van der Waals surface area contributed by atoms with Crippen molar-refractivity contribution < 1.29 is 19.4 Å². The number of rotatable bonds is 4. The molecule has 1 N–H and O–H groups in total. The molecule has 0 unspecified atom stereocenters. The Morgan fingerprint density at radius 3 is 2.52 bits per heavy atom. The maximum absolute atomic E-state index is 12.6. The molecule has 0 radical (unpaired) electrons. The lowest BCUT2D eigenvalue weighted by atomic mass is 9.96. The van der Waals surface area contributed by atoms with Gasteiger partial charge in [-0.25, -0.2) is 4.79 Å². The van der Waals surface area contributed by atoms with Crippen LogP contribution in [0.2, 0.25) is 0 Å². The molecule has 4 aromatic rings. The van der Waals surface area contributed by atoms with E-state index in [1.54, 1.807) is 14.0 Å². The van der Waals surface area contributed by atoms with E-state index in [1.807, 2.05) is 54.6 Å². The zero-order valence-electron chi connectivity index (χ0n) is 15.0. The van der Waals surface area contributed by atoms with E-state index in [1.165, 1.54) is 11.3 Å². The number of carbonyl (C=O) groups is 1. The summed E-state index contributed by atoms with van der Waals surface area (Å²) < 4.78 is 12.2. The number of phenols is 1. The summed E-state index contributed by atoms with van der Waals surface area (Å²) in [5.74, 6) is 0.167. The van der Waals surface area contributed by atoms with Crippen molar-refractivity contribution in [3.8, 4) is 22.6 Å². The monoisotopic (exact) mass is 378 g/mol. The Hall–Kier alpha value is -3.05. The van der Waals surface area contributed by atoms with Gasteiger partial charge in [-0.15, -0.1) is 11.3 Å². The number of carbonyl (C=O) groups excluding carboxylic acids is 1. The summed E-state index contributed by atoms with van der Waals surface area (Å²) in [6.45, 7) is 1.99. The first-order valence-corrected chi connectivity index (χ1v) is 9.44. The number of phenolic OH excluding ortho intramolecular Hbond substituents is 1. The van der Waals surface area contributed by atoms with Crippen LogP contribution in [-0.4, -0.2) is 24.8 Å². The standard InChI is InChI=1S/C22H18O4S/c1-3-26-22(24)19-16(13-8-10-14(25-2)11-9-13)12-17-15-6-4-5-7-18(15)27-21(17)20(19)23/h4-12,23H,3H2,1-2H3. The van der Waals surface area contributed by atoms with Crippen molar-refractivity contribution in [2.45, 2.75) is 6.92 Å². The van der Waals surface area contributed by atoms with Gasteiger partial charge in [0.15, 0.2) is 0 Å². The van der Waals surface area contributed by atoms with E-state index in [4.69, 9.17) is 9.47 Å². The molecular formula is C22H18O4S. The number of methoxy groups -OCH3 is 1. The Balaban J connectivity index is 2.05. The van der Waals surface area contributed by atoms with Crippen LogP contribution in [0.5, 0.6) is 11.5 Å². The largest absolute Gasteiger partial charge is 0.506 e. The Morgan fingerprint density at radius 2 is 1.81 bits per heavy atom. The molecule has 1 heterocycles.